The molecule has 3 heteroatoms. The van der Waals surface area contributed by atoms with Gasteiger partial charge >= 0.3 is 0 Å². The van der Waals surface area contributed by atoms with E-state index in [2.05, 4.69) is 30.7 Å². The summed E-state index contributed by atoms with van der Waals surface area (Å²) in [7, 11) is 0. The normalized spacial score (nSPS) is 11.3. The molecular formula is C17H23FN2. The molecule has 0 atom stereocenters. The van der Waals surface area contributed by atoms with E-state index < -0.39 is 0 Å². The molecule has 0 unspecified atom stereocenters. The van der Waals surface area contributed by atoms with E-state index in [0.717, 1.165) is 36.3 Å². The molecule has 0 amide bonds. The van der Waals surface area contributed by atoms with Crippen molar-refractivity contribution >= 4 is 0 Å². The number of rotatable bonds is 5. The Hall–Kier alpha value is -1.64. The first kappa shape index (κ1) is 14.8. The smallest absolute Gasteiger partial charge is 0.137 e. The second-order valence-corrected chi connectivity index (χ2v) is 5.76. The number of benzene rings is 1. The molecule has 0 spiro atoms. The van der Waals surface area contributed by atoms with Gasteiger partial charge in [-0.1, -0.05) is 20.8 Å². The van der Waals surface area contributed by atoms with E-state index in [-0.39, 0.29) is 5.82 Å². The zero-order valence-electron chi connectivity index (χ0n) is 12.8. The van der Waals surface area contributed by atoms with Crippen molar-refractivity contribution in [3.8, 4) is 11.4 Å². The Morgan fingerprint density at radius 3 is 2.65 bits per heavy atom. The standard InChI is InChI=1S/C17H23FN2/c1-5-15-16(9-6-11(2)3)20-17(19-15)13-7-8-14(18)12(4)10-13/h7-8,10-11H,5-6,9H2,1-4H3,(H,19,20). The predicted molar refractivity (Wildman–Crippen MR) is 81.3 cm³/mol. The van der Waals surface area contributed by atoms with E-state index in [0.29, 0.717) is 11.5 Å². The molecule has 0 fully saturated rings. The Bertz CT molecular complexity index is 585. The maximum absolute atomic E-state index is 13.3. The number of nitrogens with one attached hydrogen (secondary N) is 1. The summed E-state index contributed by atoms with van der Waals surface area (Å²) in [6.07, 6.45) is 3.09. The maximum Gasteiger partial charge on any atom is 0.137 e. The van der Waals surface area contributed by atoms with Crippen LogP contribution in [0.4, 0.5) is 4.39 Å². The van der Waals surface area contributed by atoms with Crippen molar-refractivity contribution in [3.63, 3.8) is 0 Å². The fourth-order valence-corrected chi connectivity index (χ4v) is 2.31. The lowest BCUT2D eigenvalue weighted by atomic mass is 10.1. The van der Waals surface area contributed by atoms with E-state index in [9.17, 15) is 4.39 Å². The molecule has 108 valence electrons. The molecule has 1 aromatic heterocycles. The molecule has 2 nitrogen and oxygen atoms in total. The number of nitrogens with zero attached hydrogens (tertiary/aromatic N) is 1. The van der Waals surface area contributed by atoms with Crippen molar-refractivity contribution in [3.05, 3.63) is 41.0 Å². The minimum atomic E-state index is -0.170. The minimum absolute atomic E-state index is 0.170. The van der Waals surface area contributed by atoms with Crippen LogP contribution in [0, 0.1) is 18.7 Å². The number of aromatic amines is 1. The summed E-state index contributed by atoms with van der Waals surface area (Å²) < 4.78 is 13.3. The van der Waals surface area contributed by atoms with Crippen molar-refractivity contribution in [2.45, 2.75) is 47.0 Å². The highest BCUT2D eigenvalue weighted by atomic mass is 19.1. The van der Waals surface area contributed by atoms with Gasteiger partial charge in [-0.05, 0) is 55.9 Å². The van der Waals surface area contributed by atoms with E-state index in [1.165, 1.54) is 11.8 Å². The molecule has 0 aliphatic rings. The molecule has 1 aromatic carbocycles. The van der Waals surface area contributed by atoms with Crippen LogP contribution in [0.5, 0.6) is 0 Å². The Labute approximate surface area is 120 Å². The average Bonchev–Trinajstić information content (AvgIpc) is 2.82. The second kappa shape index (κ2) is 6.21. The number of hydrogen-bond donors (Lipinski definition) is 1. The Kier molecular flexibility index (Phi) is 4.58. The van der Waals surface area contributed by atoms with Crippen LogP contribution in [-0.2, 0) is 12.8 Å². The van der Waals surface area contributed by atoms with Crippen molar-refractivity contribution < 1.29 is 4.39 Å². The fraction of sp³-hybridized carbons (Fsp3) is 0.471. The quantitative estimate of drug-likeness (QED) is 0.843. The fourth-order valence-electron chi connectivity index (χ4n) is 2.31. The third-order valence-electron chi connectivity index (χ3n) is 3.60. The lowest BCUT2D eigenvalue weighted by Gasteiger charge is -2.03. The predicted octanol–water partition coefficient (Wildman–Crippen LogP) is 4.68. The van der Waals surface area contributed by atoms with Gasteiger partial charge in [-0.25, -0.2) is 9.37 Å². The van der Waals surface area contributed by atoms with Gasteiger partial charge in [0.15, 0.2) is 0 Å². The van der Waals surface area contributed by atoms with Gasteiger partial charge in [0, 0.05) is 11.3 Å². The van der Waals surface area contributed by atoms with Crippen LogP contribution in [0.1, 0.15) is 44.1 Å². The van der Waals surface area contributed by atoms with Gasteiger partial charge in [0.1, 0.15) is 11.6 Å². The first-order valence-corrected chi connectivity index (χ1v) is 7.35. The first-order chi connectivity index (χ1) is 9.51. The lowest BCUT2D eigenvalue weighted by molar-refractivity contribution is 0.580. The largest absolute Gasteiger partial charge is 0.342 e. The lowest BCUT2D eigenvalue weighted by Crippen LogP contribution is -1.96. The summed E-state index contributed by atoms with van der Waals surface area (Å²) >= 11 is 0. The van der Waals surface area contributed by atoms with E-state index in [1.807, 2.05) is 6.07 Å². The van der Waals surface area contributed by atoms with Crippen LogP contribution in [-0.4, -0.2) is 9.97 Å². The topological polar surface area (TPSA) is 28.7 Å². The van der Waals surface area contributed by atoms with Crippen molar-refractivity contribution in [1.29, 1.82) is 0 Å². The third kappa shape index (κ3) is 3.27. The molecule has 0 radical (unpaired) electrons. The van der Waals surface area contributed by atoms with E-state index in [1.54, 1.807) is 13.0 Å². The third-order valence-corrected chi connectivity index (χ3v) is 3.60. The molecule has 1 heterocycles. The molecule has 0 saturated heterocycles. The van der Waals surface area contributed by atoms with Gasteiger partial charge in [-0.2, -0.15) is 0 Å². The SMILES string of the molecule is CCc1nc(-c2ccc(F)c(C)c2)[nH]c1CCC(C)C. The summed E-state index contributed by atoms with van der Waals surface area (Å²) in [5.41, 5.74) is 3.95. The molecule has 0 aliphatic heterocycles. The van der Waals surface area contributed by atoms with Crippen molar-refractivity contribution in [1.82, 2.24) is 9.97 Å². The van der Waals surface area contributed by atoms with E-state index >= 15 is 0 Å². The molecule has 2 rings (SSSR count). The highest BCUT2D eigenvalue weighted by Gasteiger charge is 2.11. The molecule has 0 bridgehead atoms. The van der Waals surface area contributed by atoms with Crippen LogP contribution in [0.2, 0.25) is 0 Å². The van der Waals surface area contributed by atoms with Gasteiger partial charge in [0.05, 0.1) is 5.69 Å². The number of aryl methyl sites for hydroxylation is 3. The second-order valence-electron chi connectivity index (χ2n) is 5.76. The highest BCUT2D eigenvalue weighted by molar-refractivity contribution is 5.57. The van der Waals surface area contributed by atoms with Crippen LogP contribution < -0.4 is 0 Å². The summed E-state index contributed by atoms with van der Waals surface area (Å²) in [5.74, 6) is 1.36. The van der Waals surface area contributed by atoms with Crippen LogP contribution in [0.15, 0.2) is 18.2 Å². The summed E-state index contributed by atoms with van der Waals surface area (Å²) in [6.45, 7) is 8.36. The molecule has 1 N–H and O–H groups in total. The zero-order valence-corrected chi connectivity index (χ0v) is 12.8. The number of halogens is 1. The average molecular weight is 274 g/mol. The Balaban J connectivity index is 2.30. The summed E-state index contributed by atoms with van der Waals surface area (Å²) in [6, 6.07) is 5.14. The first-order valence-electron chi connectivity index (χ1n) is 7.35. The van der Waals surface area contributed by atoms with Gasteiger partial charge in [-0.3, -0.25) is 0 Å². The number of aromatic nitrogens is 2. The molecule has 0 saturated carbocycles. The number of H-pyrrole nitrogens is 1. The Morgan fingerprint density at radius 1 is 1.30 bits per heavy atom. The van der Waals surface area contributed by atoms with Crippen molar-refractivity contribution in [2.75, 3.05) is 0 Å². The minimum Gasteiger partial charge on any atom is -0.342 e. The van der Waals surface area contributed by atoms with Gasteiger partial charge in [-0.15, -0.1) is 0 Å². The van der Waals surface area contributed by atoms with E-state index in [4.69, 9.17) is 0 Å². The summed E-state index contributed by atoms with van der Waals surface area (Å²) in [4.78, 5) is 8.09. The molecule has 2 aromatic rings. The number of imidazole rings is 1. The van der Waals surface area contributed by atoms with Crippen LogP contribution >= 0.6 is 0 Å². The zero-order chi connectivity index (χ0) is 14.7. The molecule has 0 aliphatic carbocycles. The summed E-state index contributed by atoms with van der Waals surface area (Å²) in [5, 5.41) is 0. The molecular weight excluding hydrogens is 251 g/mol. The van der Waals surface area contributed by atoms with Gasteiger partial charge in [0.2, 0.25) is 0 Å². The molecule has 20 heavy (non-hydrogen) atoms. The maximum atomic E-state index is 13.3. The van der Waals surface area contributed by atoms with Gasteiger partial charge in [0.25, 0.3) is 0 Å². The van der Waals surface area contributed by atoms with Gasteiger partial charge < -0.3 is 4.98 Å². The monoisotopic (exact) mass is 274 g/mol. The highest BCUT2D eigenvalue weighted by Crippen LogP contribution is 2.22. The van der Waals surface area contributed by atoms with Crippen LogP contribution in [0.25, 0.3) is 11.4 Å². The number of hydrogen-bond acceptors (Lipinski definition) is 1. The Morgan fingerprint density at radius 2 is 2.05 bits per heavy atom. The van der Waals surface area contributed by atoms with Crippen molar-refractivity contribution in [2.24, 2.45) is 5.92 Å². The van der Waals surface area contributed by atoms with Crippen LogP contribution in [0.3, 0.4) is 0 Å².